The number of amides is 1. The number of nitrogen functional groups attached to an aromatic ring is 1. The van der Waals surface area contributed by atoms with Crippen molar-refractivity contribution >= 4 is 5.91 Å². The van der Waals surface area contributed by atoms with Gasteiger partial charge in [-0.3, -0.25) is 15.1 Å². The van der Waals surface area contributed by atoms with Gasteiger partial charge in [-0.25, -0.2) is 5.84 Å². The topological polar surface area (TPSA) is 67.6 Å². The first-order chi connectivity index (χ1) is 9.12. The molecule has 0 aliphatic carbocycles. The van der Waals surface area contributed by atoms with Crippen LogP contribution in [0, 0.1) is 0 Å². The summed E-state index contributed by atoms with van der Waals surface area (Å²) in [5.74, 6) is 4.87. The number of nitrogens with zero attached hydrogens (tertiary/aromatic N) is 1. The molecule has 106 valence electrons. The number of carbonyl (C=O) groups excluding carboxylic acids is 1. The summed E-state index contributed by atoms with van der Waals surface area (Å²) in [6, 6.07) is 7.83. The van der Waals surface area contributed by atoms with Crippen molar-refractivity contribution in [2.24, 2.45) is 5.84 Å². The minimum absolute atomic E-state index is 0.269. The van der Waals surface area contributed by atoms with E-state index >= 15 is 0 Å². The Labute approximate surface area is 114 Å². The Balaban J connectivity index is 2.77. The predicted molar refractivity (Wildman–Crippen MR) is 75.5 cm³/mol. The standard InChI is InChI=1S/C14H23N3O2/c1-4-17(11(2)10-19-3)9-12-6-5-7-13(8-12)14(18)16-15/h5-8,11H,4,9-10,15H2,1-3H3,(H,16,18). The molecule has 5 nitrogen and oxygen atoms in total. The van der Waals surface area contributed by atoms with Crippen molar-refractivity contribution in [2.75, 3.05) is 20.3 Å². The zero-order valence-corrected chi connectivity index (χ0v) is 11.8. The van der Waals surface area contributed by atoms with Gasteiger partial charge in [-0.2, -0.15) is 0 Å². The van der Waals surface area contributed by atoms with Crippen molar-refractivity contribution in [3.63, 3.8) is 0 Å². The normalized spacial score (nSPS) is 12.5. The number of nitrogens with one attached hydrogen (secondary N) is 1. The van der Waals surface area contributed by atoms with Gasteiger partial charge in [0.1, 0.15) is 0 Å². The van der Waals surface area contributed by atoms with Gasteiger partial charge in [0.15, 0.2) is 0 Å². The molecule has 1 aromatic carbocycles. The zero-order valence-electron chi connectivity index (χ0n) is 11.8. The van der Waals surface area contributed by atoms with Crippen LogP contribution in [0.4, 0.5) is 0 Å². The third-order valence-corrected chi connectivity index (χ3v) is 3.14. The Kier molecular flexibility index (Phi) is 6.49. The zero-order chi connectivity index (χ0) is 14.3. The van der Waals surface area contributed by atoms with Gasteiger partial charge in [0.05, 0.1) is 6.61 Å². The van der Waals surface area contributed by atoms with E-state index in [4.69, 9.17) is 10.6 Å². The Bertz CT molecular complexity index is 409. The maximum Gasteiger partial charge on any atom is 0.265 e. The van der Waals surface area contributed by atoms with E-state index in [1.165, 1.54) is 0 Å². The largest absolute Gasteiger partial charge is 0.383 e. The van der Waals surface area contributed by atoms with Crippen molar-refractivity contribution in [1.29, 1.82) is 0 Å². The van der Waals surface area contributed by atoms with E-state index in [2.05, 4.69) is 24.2 Å². The van der Waals surface area contributed by atoms with Crippen LogP contribution in [-0.2, 0) is 11.3 Å². The van der Waals surface area contributed by atoms with Crippen LogP contribution in [0.2, 0.25) is 0 Å². The Morgan fingerprint density at radius 2 is 2.26 bits per heavy atom. The fourth-order valence-corrected chi connectivity index (χ4v) is 2.05. The van der Waals surface area contributed by atoms with Crippen molar-refractivity contribution in [3.05, 3.63) is 35.4 Å². The molecule has 0 saturated heterocycles. The van der Waals surface area contributed by atoms with Gasteiger partial charge in [0.2, 0.25) is 0 Å². The number of methoxy groups -OCH3 is 1. The van der Waals surface area contributed by atoms with E-state index in [9.17, 15) is 4.79 Å². The van der Waals surface area contributed by atoms with Crippen LogP contribution in [0.5, 0.6) is 0 Å². The molecule has 1 unspecified atom stereocenters. The van der Waals surface area contributed by atoms with Crippen LogP contribution in [0.25, 0.3) is 0 Å². The minimum Gasteiger partial charge on any atom is -0.383 e. The van der Waals surface area contributed by atoms with Crippen LogP contribution in [0.1, 0.15) is 29.8 Å². The third kappa shape index (κ3) is 4.63. The summed E-state index contributed by atoms with van der Waals surface area (Å²) in [6.45, 7) is 6.65. The van der Waals surface area contributed by atoms with Gasteiger partial charge >= 0.3 is 0 Å². The third-order valence-electron chi connectivity index (χ3n) is 3.14. The van der Waals surface area contributed by atoms with Gasteiger partial charge in [0, 0.05) is 25.3 Å². The van der Waals surface area contributed by atoms with Crippen LogP contribution < -0.4 is 11.3 Å². The molecular formula is C14H23N3O2. The first-order valence-corrected chi connectivity index (χ1v) is 6.45. The lowest BCUT2D eigenvalue weighted by Crippen LogP contribution is -2.35. The number of hydrogen-bond donors (Lipinski definition) is 2. The van der Waals surface area contributed by atoms with E-state index in [1.807, 2.05) is 18.2 Å². The molecule has 0 spiro atoms. The summed E-state index contributed by atoms with van der Waals surface area (Å²) in [4.78, 5) is 13.8. The number of likely N-dealkylation sites (N-methyl/N-ethyl adjacent to an activating group) is 1. The summed E-state index contributed by atoms with van der Waals surface area (Å²) in [5.41, 5.74) is 3.81. The fourth-order valence-electron chi connectivity index (χ4n) is 2.05. The number of ether oxygens (including phenoxy) is 1. The van der Waals surface area contributed by atoms with Crippen LogP contribution in [-0.4, -0.2) is 37.1 Å². The minimum atomic E-state index is -0.269. The molecule has 5 heteroatoms. The number of benzene rings is 1. The molecule has 1 aromatic rings. The lowest BCUT2D eigenvalue weighted by molar-refractivity contribution is 0.0950. The highest BCUT2D eigenvalue weighted by Crippen LogP contribution is 2.11. The second-order valence-corrected chi connectivity index (χ2v) is 4.54. The summed E-state index contributed by atoms with van der Waals surface area (Å²) in [6.07, 6.45) is 0. The molecule has 0 heterocycles. The number of hydrazine groups is 1. The monoisotopic (exact) mass is 265 g/mol. The first-order valence-electron chi connectivity index (χ1n) is 6.45. The van der Waals surface area contributed by atoms with E-state index in [-0.39, 0.29) is 5.91 Å². The SMILES string of the molecule is CCN(Cc1cccc(C(=O)NN)c1)C(C)COC. The lowest BCUT2D eigenvalue weighted by Gasteiger charge is -2.27. The molecule has 1 rings (SSSR count). The molecule has 1 atom stereocenters. The van der Waals surface area contributed by atoms with Crippen LogP contribution >= 0.6 is 0 Å². The smallest absolute Gasteiger partial charge is 0.265 e. The molecule has 0 bridgehead atoms. The number of carbonyl (C=O) groups is 1. The molecular weight excluding hydrogens is 242 g/mol. The molecule has 19 heavy (non-hydrogen) atoms. The highest BCUT2D eigenvalue weighted by Gasteiger charge is 2.13. The molecule has 0 fully saturated rings. The van der Waals surface area contributed by atoms with E-state index in [1.54, 1.807) is 13.2 Å². The van der Waals surface area contributed by atoms with Crippen LogP contribution in [0.3, 0.4) is 0 Å². The maximum atomic E-state index is 11.5. The summed E-state index contributed by atoms with van der Waals surface area (Å²) >= 11 is 0. The van der Waals surface area contributed by atoms with Crippen molar-refractivity contribution < 1.29 is 9.53 Å². The second-order valence-electron chi connectivity index (χ2n) is 4.54. The highest BCUT2D eigenvalue weighted by molar-refractivity contribution is 5.93. The number of nitrogens with two attached hydrogens (primary N) is 1. The molecule has 0 aromatic heterocycles. The van der Waals surface area contributed by atoms with Crippen molar-refractivity contribution in [1.82, 2.24) is 10.3 Å². The van der Waals surface area contributed by atoms with Crippen molar-refractivity contribution in [3.8, 4) is 0 Å². The highest BCUT2D eigenvalue weighted by atomic mass is 16.5. The Morgan fingerprint density at radius 1 is 1.53 bits per heavy atom. The predicted octanol–water partition coefficient (Wildman–Crippen LogP) is 1.15. The summed E-state index contributed by atoms with van der Waals surface area (Å²) < 4.78 is 5.18. The molecule has 0 saturated carbocycles. The van der Waals surface area contributed by atoms with E-state index in [0.717, 1.165) is 18.7 Å². The number of rotatable bonds is 7. The lowest BCUT2D eigenvalue weighted by atomic mass is 10.1. The average Bonchev–Trinajstić information content (AvgIpc) is 2.44. The molecule has 0 aliphatic rings. The number of hydrogen-bond acceptors (Lipinski definition) is 4. The van der Waals surface area contributed by atoms with Crippen molar-refractivity contribution in [2.45, 2.75) is 26.4 Å². The Hall–Kier alpha value is -1.43. The van der Waals surface area contributed by atoms with Crippen LogP contribution in [0.15, 0.2) is 24.3 Å². The Morgan fingerprint density at radius 3 is 2.84 bits per heavy atom. The molecule has 3 N–H and O–H groups in total. The second kappa shape index (κ2) is 7.89. The quantitative estimate of drug-likeness (QED) is 0.441. The maximum absolute atomic E-state index is 11.5. The van der Waals surface area contributed by atoms with E-state index < -0.39 is 0 Å². The molecule has 0 aliphatic heterocycles. The van der Waals surface area contributed by atoms with E-state index in [0.29, 0.717) is 18.2 Å². The van der Waals surface area contributed by atoms with Gasteiger partial charge in [-0.1, -0.05) is 19.1 Å². The first kappa shape index (κ1) is 15.6. The summed E-state index contributed by atoms with van der Waals surface area (Å²) in [5, 5.41) is 0. The van der Waals surface area contributed by atoms with Gasteiger partial charge in [-0.05, 0) is 31.2 Å². The molecule has 1 amide bonds. The summed E-state index contributed by atoms with van der Waals surface area (Å²) in [7, 11) is 1.70. The van der Waals surface area contributed by atoms with Gasteiger partial charge in [-0.15, -0.1) is 0 Å². The fraction of sp³-hybridized carbons (Fsp3) is 0.500. The van der Waals surface area contributed by atoms with Gasteiger partial charge in [0.25, 0.3) is 5.91 Å². The average molecular weight is 265 g/mol. The van der Waals surface area contributed by atoms with Gasteiger partial charge < -0.3 is 4.74 Å². The molecule has 0 radical (unpaired) electrons.